The van der Waals surface area contributed by atoms with Crippen molar-refractivity contribution in [1.29, 1.82) is 0 Å². The van der Waals surface area contributed by atoms with E-state index in [1.807, 2.05) is 24.3 Å². The van der Waals surface area contributed by atoms with E-state index in [9.17, 15) is 4.79 Å². The van der Waals surface area contributed by atoms with Crippen LogP contribution in [0.5, 0.6) is 5.75 Å². The molecule has 4 nitrogen and oxygen atoms in total. The average Bonchev–Trinajstić information content (AvgIpc) is 3.31. The minimum absolute atomic E-state index is 0.194. The molecule has 1 saturated carbocycles. The molecule has 1 fully saturated rings. The number of amides is 1. The number of pyridine rings is 1. The molecule has 0 radical (unpaired) electrons. The lowest BCUT2D eigenvalue weighted by molar-refractivity contribution is 0.102. The van der Waals surface area contributed by atoms with Gasteiger partial charge in [0.15, 0.2) is 0 Å². The summed E-state index contributed by atoms with van der Waals surface area (Å²) in [6.45, 7) is 0.775. The molecule has 5 heteroatoms. The first-order valence-electron chi connectivity index (χ1n) is 6.87. The number of hydrogen-bond acceptors (Lipinski definition) is 3. The summed E-state index contributed by atoms with van der Waals surface area (Å²) in [7, 11) is 0. The zero-order chi connectivity index (χ0) is 14.7. The molecule has 1 N–H and O–H groups in total. The molecule has 108 valence electrons. The van der Waals surface area contributed by atoms with E-state index >= 15 is 0 Å². The zero-order valence-electron chi connectivity index (χ0n) is 11.4. The van der Waals surface area contributed by atoms with E-state index < -0.39 is 0 Å². The highest BCUT2D eigenvalue weighted by Gasteiger charge is 2.21. The highest BCUT2D eigenvalue weighted by Crippen LogP contribution is 2.29. The van der Waals surface area contributed by atoms with Gasteiger partial charge in [0, 0.05) is 11.9 Å². The summed E-state index contributed by atoms with van der Waals surface area (Å²) in [5, 5.41) is 2.98. The van der Waals surface area contributed by atoms with Crippen LogP contribution in [-0.2, 0) is 0 Å². The molecule has 3 rings (SSSR count). The maximum atomic E-state index is 12.1. The van der Waals surface area contributed by atoms with Crippen molar-refractivity contribution in [2.24, 2.45) is 5.92 Å². The predicted octanol–water partition coefficient (Wildman–Crippen LogP) is 3.78. The van der Waals surface area contributed by atoms with Gasteiger partial charge in [0.2, 0.25) is 0 Å². The van der Waals surface area contributed by atoms with E-state index in [2.05, 4.69) is 10.3 Å². The van der Waals surface area contributed by atoms with Crippen LogP contribution in [0.15, 0.2) is 42.6 Å². The molecule has 1 aliphatic carbocycles. The van der Waals surface area contributed by atoms with Crippen LogP contribution in [0.4, 0.5) is 5.69 Å². The summed E-state index contributed by atoms with van der Waals surface area (Å²) in [4.78, 5) is 16.0. The second-order valence-electron chi connectivity index (χ2n) is 5.07. The standard InChI is InChI=1S/C16H15ClN2O2/c17-15-14(2-1-9-18-15)16(20)19-12-5-7-13(8-6-12)21-10-11-3-4-11/h1-2,5-9,11H,3-4,10H2,(H,19,20). The molecule has 0 atom stereocenters. The summed E-state index contributed by atoms with van der Waals surface area (Å²) in [6, 6.07) is 10.6. The SMILES string of the molecule is O=C(Nc1ccc(OCC2CC2)cc1)c1cccnc1Cl. The van der Waals surface area contributed by atoms with Crippen LogP contribution in [0.25, 0.3) is 0 Å². The fourth-order valence-electron chi connectivity index (χ4n) is 1.89. The molecule has 1 aromatic heterocycles. The van der Waals surface area contributed by atoms with Gasteiger partial charge in [-0.1, -0.05) is 11.6 Å². The first-order valence-corrected chi connectivity index (χ1v) is 7.25. The highest BCUT2D eigenvalue weighted by atomic mass is 35.5. The fraction of sp³-hybridized carbons (Fsp3) is 0.250. The number of nitrogens with one attached hydrogen (secondary N) is 1. The number of hydrogen-bond donors (Lipinski definition) is 1. The van der Waals surface area contributed by atoms with E-state index in [-0.39, 0.29) is 11.1 Å². The zero-order valence-corrected chi connectivity index (χ0v) is 12.1. The minimum atomic E-state index is -0.278. The van der Waals surface area contributed by atoms with Gasteiger partial charge in [-0.15, -0.1) is 0 Å². The summed E-state index contributed by atoms with van der Waals surface area (Å²) < 4.78 is 5.65. The summed E-state index contributed by atoms with van der Waals surface area (Å²) in [5.41, 5.74) is 1.05. The maximum Gasteiger partial charge on any atom is 0.258 e. The minimum Gasteiger partial charge on any atom is -0.493 e. The smallest absolute Gasteiger partial charge is 0.258 e. The highest BCUT2D eigenvalue weighted by molar-refractivity contribution is 6.33. The van der Waals surface area contributed by atoms with E-state index in [0.29, 0.717) is 11.3 Å². The van der Waals surface area contributed by atoms with Crippen LogP contribution >= 0.6 is 11.6 Å². The van der Waals surface area contributed by atoms with Crippen molar-refractivity contribution >= 4 is 23.2 Å². The second-order valence-corrected chi connectivity index (χ2v) is 5.43. The van der Waals surface area contributed by atoms with E-state index in [1.165, 1.54) is 12.8 Å². The Morgan fingerprint density at radius 2 is 2.05 bits per heavy atom. The number of benzene rings is 1. The first-order chi connectivity index (χ1) is 10.2. The molecule has 1 aromatic carbocycles. The molecule has 2 aromatic rings. The van der Waals surface area contributed by atoms with Crippen LogP contribution in [0.1, 0.15) is 23.2 Å². The van der Waals surface area contributed by atoms with E-state index in [0.717, 1.165) is 18.3 Å². The van der Waals surface area contributed by atoms with Crippen molar-refractivity contribution < 1.29 is 9.53 Å². The number of nitrogens with zero attached hydrogens (tertiary/aromatic N) is 1. The summed E-state index contributed by atoms with van der Waals surface area (Å²) >= 11 is 5.90. The third-order valence-corrected chi connectivity index (χ3v) is 3.60. The van der Waals surface area contributed by atoms with Crippen molar-refractivity contribution in [3.63, 3.8) is 0 Å². The van der Waals surface area contributed by atoms with Gasteiger partial charge in [-0.25, -0.2) is 4.98 Å². The van der Waals surface area contributed by atoms with Crippen LogP contribution in [0, 0.1) is 5.92 Å². The molecular formula is C16H15ClN2O2. The predicted molar refractivity (Wildman–Crippen MR) is 81.9 cm³/mol. The molecule has 1 amide bonds. The lowest BCUT2D eigenvalue weighted by Gasteiger charge is -2.08. The Kier molecular flexibility index (Phi) is 4.06. The molecule has 0 spiro atoms. The van der Waals surface area contributed by atoms with Gasteiger partial charge in [-0.2, -0.15) is 0 Å². The molecule has 0 unspecified atom stereocenters. The van der Waals surface area contributed by atoms with E-state index in [1.54, 1.807) is 18.3 Å². The number of carbonyl (C=O) groups excluding carboxylic acids is 1. The molecule has 1 aliphatic rings. The summed E-state index contributed by atoms with van der Waals surface area (Å²) in [6.07, 6.45) is 4.07. The number of ether oxygens (including phenoxy) is 1. The van der Waals surface area contributed by atoms with Gasteiger partial charge in [-0.05, 0) is 55.2 Å². The van der Waals surface area contributed by atoms with Gasteiger partial charge < -0.3 is 10.1 Å². The van der Waals surface area contributed by atoms with Crippen molar-refractivity contribution in [3.05, 3.63) is 53.3 Å². The Balaban J connectivity index is 1.61. The number of anilines is 1. The number of aromatic nitrogens is 1. The Hall–Kier alpha value is -2.07. The van der Waals surface area contributed by atoms with Crippen molar-refractivity contribution in [2.75, 3.05) is 11.9 Å². The lowest BCUT2D eigenvalue weighted by Crippen LogP contribution is -2.12. The molecule has 1 heterocycles. The molecule has 0 bridgehead atoms. The average molecular weight is 303 g/mol. The largest absolute Gasteiger partial charge is 0.493 e. The number of rotatable bonds is 5. The topological polar surface area (TPSA) is 51.2 Å². The molecule has 0 aliphatic heterocycles. The first kappa shape index (κ1) is 13.9. The van der Waals surface area contributed by atoms with Crippen molar-refractivity contribution in [3.8, 4) is 5.75 Å². The molecule has 21 heavy (non-hydrogen) atoms. The Morgan fingerprint density at radius 1 is 1.29 bits per heavy atom. The van der Waals surface area contributed by atoms with Crippen molar-refractivity contribution in [2.45, 2.75) is 12.8 Å². The monoisotopic (exact) mass is 302 g/mol. The quantitative estimate of drug-likeness (QED) is 0.855. The third kappa shape index (κ3) is 3.73. The van der Waals surface area contributed by atoms with Gasteiger partial charge >= 0.3 is 0 Å². The Morgan fingerprint density at radius 3 is 2.71 bits per heavy atom. The summed E-state index contributed by atoms with van der Waals surface area (Å²) in [5.74, 6) is 1.26. The Labute approximate surface area is 128 Å². The van der Waals surface area contributed by atoms with Gasteiger partial charge in [0.25, 0.3) is 5.91 Å². The van der Waals surface area contributed by atoms with Crippen molar-refractivity contribution in [1.82, 2.24) is 4.98 Å². The molecule has 0 saturated heterocycles. The van der Waals surface area contributed by atoms with Gasteiger partial charge in [0.05, 0.1) is 12.2 Å². The maximum absolute atomic E-state index is 12.1. The van der Waals surface area contributed by atoms with E-state index in [4.69, 9.17) is 16.3 Å². The van der Waals surface area contributed by atoms with Crippen LogP contribution < -0.4 is 10.1 Å². The van der Waals surface area contributed by atoms with Gasteiger partial charge in [0.1, 0.15) is 10.9 Å². The lowest BCUT2D eigenvalue weighted by atomic mass is 10.2. The number of carbonyl (C=O) groups is 1. The van der Waals surface area contributed by atoms with Crippen LogP contribution in [0.2, 0.25) is 5.15 Å². The van der Waals surface area contributed by atoms with Crippen LogP contribution in [-0.4, -0.2) is 17.5 Å². The fourth-order valence-corrected chi connectivity index (χ4v) is 2.09. The van der Waals surface area contributed by atoms with Gasteiger partial charge in [-0.3, -0.25) is 4.79 Å². The molecular weight excluding hydrogens is 288 g/mol. The third-order valence-electron chi connectivity index (χ3n) is 3.30. The Bertz CT molecular complexity index is 639. The van der Waals surface area contributed by atoms with Crippen LogP contribution in [0.3, 0.4) is 0 Å². The number of halogens is 1. The second kappa shape index (κ2) is 6.14. The normalized spacial score (nSPS) is 13.8.